The van der Waals surface area contributed by atoms with Crippen LogP contribution in [-0.2, 0) is 9.53 Å². The first-order chi connectivity index (χ1) is 7.43. The van der Waals surface area contributed by atoms with Crippen molar-refractivity contribution in [3.05, 3.63) is 0 Å². The molecular formula is C12H26N2O2. The van der Waals surface area contributed by atoms with Crippen LogP contribution in [0.25, 0.3) is 0 Å². The molecule has 4 nitrogen and oxygen atoms in total. The van der Waals surface area contributed by atoms with Crippen molar-refractivity contribution < 1.29 is 9.53 Å². The van der Waals surface area contributed by atoms with Gasteiger partial charge in [0.1, 0.15) is 6.10 Å². The summed E-state index contributed by atoms with van der Waals surface area (Å²) in [5.41, 5.74) is 5.09. The second-order valence-corrected chi connectivity index (χ2v) is 4.72. The number of nitrogens with two attached hydrogens (primary N) is 1. The Kier molecular flexibility index (Phi) is 7.34. The van der Waals surface area contributed by atoms with Crippen LogP contribution in [0.4, 0.5) is 0 Å². The largest absolute Gasteiger partial charge is 0.362 e. The highest BCUT2D eigenvalue weighted by atomic mass is 16.5. The lowest BCUT2D eigenvalue weighted by molar-refractivity contribution is -0.141. The minimum absolute atomic E-state index is 0.0578. The fraction of sp³-hybridized carbons (Fsp3) is 0.917. The summed E-state index contributed by atoms with van der Waals surface area (Å²) in [5, 5.41) is 2.86. The van der Waals surface area contributed by atoms with E-state index in [4.69, 9.17) is 10.5 Å². The molecule has 0 aromatic carbocycles. The van der Waals surface area contributed by atoms with Crippen molar-refractivity contribution >= 4 is 5.91 Å². The lowest BCUT2D eigenvalue weighted by atomic mass is 10.1. The van der Waals surface area contributed by atoms with E-state index >= 15 is 0 Å². The number of carbonyl (C=O) groups excluding carboxylic acids is 1. The fourth-order valence-electron chi connectivity index (χ4n) is 1.31. The summed E-state index contributed by atoms with van der Waals surface area (Å²) in [7, 11) is 0. The van der Waals surface area contributed by atoms with E-state index in [0.717, 1.165) is 25.8 Å². The molecule has 0 rings (SSSR count). The molecule has 0 aromatic heterocycles. The second kappa shape index (κ2) is 7.63. The van der Waals surface area contributed by atoms with Gasteiger partial charge in [-0.2, -0.15) is 0 Å². The Morgan fingerprint density at radius 1 is 1.44 bits per heavy atom. The van der Waals surface area contributed by atoms with Crippen molar-refractivity contribution in [3.63, 3.8) is 0 Å². The summed E-state index contributed by atoms with van der Waals surface area (Å²) < 4.78 is 5.57. The summed E-state index contributed by atoms with van der Waals surface area (Å²) >= 11 is 0. The number of unbranched alkanes of at least 4 members (excludes halogenated alkanes) is 2. The first-order valence-corrected chi connectivity index (χ1v) is 6.08. The summed E-state index contributed by atoms with van der Waals surface area (Å²) in [6.07, 6.45) is 2.88. The standard InChI is InChI=1S/C12H26N2O2/c1-5-6-7-8-14-11(15)10(2)16-12(3,4)9-13/h10H,5-9,13H2,1-4H3,(H,14,15). The zero-order chi connectivity index (χ0) is 12.6. The molecule has 1 amide bonds. The molecule has 0 fully saturated rings. The van der Waals surface area contributed by atoms with Crippen LogP contribution >= 0.6 is 0 Å². The van der Waals surface area contributed by atoms with Gasteiger partial charge in [-0.25, -0.2) is 0 Å². The maximum atomic E-state index is 11.6. The molecule has 0 aliphatic carbocycles. The van der Waals surface area contributed by atoms with Crippen molar-refractivity contribution in [1.82, 2.24) is 5.32 Å². The van der Waals surface area contributed by atoms with Gasteiger partial charge in [0.2, 0.25) is 5.91 Å². The maximum Gasteiger partial charge on any atom is 0.248 e. The van der Waals surface area contributed by atoms with E-state index in [9.17, 15) is 4.79 Å². The molecule has 0 heterocycles. The summed E-state index contributed by atoms with van der Waals surface area (Å²) in [4.78, 5) is 11.6. The molecule has 0 aliphatic rings. The molecule has 0 saturated heterocycles. The molecule has 0 radical (unpaired) electrons. The van der Waals surface area contributed by atoms with Crippen LogP contribution in [0.1, 0.15) is 47.0 Å². The Morgan fingerprint density at radius 3 is 2.56 bits per heavy atom. The Hall–Kier alpha value is -0.610. The van der Waals surface area contributed by atoms with Crippen LogP contribution in [0.5, 0.6) is 0 Å². The Morgan fingerprint density at radius 2 is 2.06 bits per heavy atom. The fourth-order valence-corrected chi connectivity index (χ4v) is 1.31. The van der Waals surface area contributed by atoms with Crippen molar-refractivity contribution in [3.8, 4) is 0 Å². The third-order valence-electron chi connectivity index (χ3n) is 2.44. The van der Waals surface area contributed by atoms with Crippen LogP contribution in [-0.4, -0.2) is 30.7 Å². The summed E-state index contributed by atoms with van der Waals surface area (Å²) in [6.45, 7) is 8.79. The molecule has 16 heavy (non-hydrogen) atoms. The lowest BCUT2D eigenvalue weighted by Gasteiger charge is -2.27. The van der Waals surface area contributed by atoms with Gasteiger partial charge in [-0.05, 0) is 27.2 Å². The van der Waals surface area contributed by atoms with Crippen LogP contribution in [0.15, 0.2) is 0 Å². The van der Waals surface area contributed by atoms with Crippen molar-refractivity contribution in [2.24, 2.45) is 5.73 Å². The highest BCUT2D eigenvalue weighted by molar-refractivity contribution is 5.80. The zero-order valence-corrected chi connectivity index (χ0v) is 11.0. The van der Waals surface area contributed by atoms with E-state index in [0.29, 0.717) is 6.54 Å². The first kappa shape index (κ1) is 15.4. The molecule has 0 bridgehead atoms. The quantitative estimate of drug-likeness (QED) is 0.620. The van der Waals surface area contributed by atoms with Crippen molar-refractivity contribution in [2.45, 2.75) is 58.7 Å². The molecule has 0 spiro atoms. The number of ether oxygens (including phenoxy) is 1. The van der Waals surface area contributed by atoms with E-state index < -0.39 is 11.7 Å². The Bertz CT molecular complexity index is 205. The van der Waals surface area contributed by atoms with E-state index in [1.54, 1.807) is 6.92 Å². The molecule has 0 aromatic rings. The van der Waals surface area contributed by atoms with E-state index in [1.807, 2.05) is 13.8 Å². The van der Waals surface area contributed by atoms with Gasteiger partial charge in [0.05, 0.1) is 5.60 Å². The molecule has 0 aliphatic heterocycles. The molecule has 4 heteroatoms. The SMILES string of the molecule is CCCCCNC(=O)C(C)OC(C)(C)CN. The van der Waals surface area contributed by atoms with Crippen LogP contribution in [0.2, 0.25) is 0 Å². The molecule has 1 atom stereocenters. The summed E-state index contributed by atoms with van der Waals surface area (Å²) in [6, 6.07) is 0. The van der Waals surface area contributed by atoms with Gasteiger partial charge in [-0.1, -0.05) is 19.8 Å². The van der Waals surface area contributed by atoms with E-state index in [-0.39, 0.29) is 5.91 Å². The number of rotatable bonds is 8. The molecule has 3 N–H and O–H groups in total. The van der Waals surface area contributed by atoms with E-state index in [2.05, 4.69) is 12.2 Å². The van der Waals surface area contributed by atoms with Gasteiger partial charge in [-0.15, -0.1) is 0 Å². The number of hydrogen-bond acceptors (Lipinski definition) is 3. The lowest BCUT2D eigenvalue weighted by Crippen LogP contribution is -2.43. The van der Waals surface area contributed by atoms with Gasteiger partial charge in [0.25, 0.3) is 0 Å². The third-order valence-corrected chi connectivity index (χ3v) is 2.44. The minimum atomic E-state index is -0.444. The smallest absolute Gasteiger partial charge is 0.248 e. The number of amides is 1. The van der Waals surface area contributed by atoms with Gasteiger partial charge in [0.15, 0.2) is 0 Å². The first-order valence-electron chi connectivity index (χ1n) is 6.08. The van der Waals surface area contributed by atoms with Crippen molar-refractivity contribution in [2.75, 3.05) is 13.1 Å². The average molecular weight is 230 g/mol. The van der Waals surface area contributed by atoms with Gasteiger partial charge in [-0.3, -0.25) is 4.79 Å². The average Bonchev–Trinajstić information content (AvgIpc) is 2.23. The van der Waals surface area contributed by atoms with Gasteiger partial charge < -0.3 is 15.8 Å². The molecular weight excluding hydrogens is 204 g/mol. The maximum absolute atomic E-state index is 11.6. The summed E-state index contributed by atoms with van der Waals surface area (Å²) in [5.74, 6) is -0.0578. The number of hydrogen-bond donors (Lipinski definition) is 2. The minimum Gasteiger partial charge on any atom is -0.362 e. The zero-order valence-electron chi connectivity index (χ0n) is 11.0. The third kappa shape index (κ3) is 6.80. The monoisotopic (exact) mass is 230 g/mol. The molecule has 1 unspecified atom stereocenters. The number of nitrogens with one attached hydrogen (secondary N) is 1. The second-order valence-electron chi connectivity index (χ2n) is 4.72. The van der Waals surface area contributed by atoms with Crippen LogP contribution < -0.4 is 11.1 Å². The highest BCUT2D eigenvalue weighted by Crippen LogP contribution is 2.10. The van der Waals surface area contributed by atoms with Crippen LogP contribution in [0, 0.1) is 0 Å². The predicted octanol–water partition coefficient (Wildman–Crippen LogP) is 1.44. The topological polar surface area (TPSA) is 64.3 Å². The van der Waals surface area contributed by atoms with E-state index in [1.165, 1.54) is 0 Å². The Balaban J connectivity index is 3.82. The van der Waals surface area contributed by atoms with Crippen LogP contribution in [0.3, 0.4) is 0 Å². The Labute approximate surface area is 98.9 Å². The van der Waals surface area contributed by atoms with Crippen molar-refractivity contribution in [1.29, 1.82) is 0 Å². The highest BCUT2D eigenvalue weighted by Gasteiger charge is 2.23. The number of carbonyl (C=O) groups is 1. The molecule has 0 saturated carbocycles. The van der Waals surface area contributed by atoms with Gasteiger partial charge >= 0.3 is 0 Å². The predicted molar refractivity (Wildman–Crippen MR) is 66.2 cm³/mol. The van der Waals surface area contributed by atoms with Gasteiger partial charge in [0, 0.05) is 13.1 Å². The molecule has 96 valence electrons. The normalized spacial score (nSPS) is 13.6.